The maximum Gasteiger partial charge on any atom is 0.270 e. The van der Waals surface area contributed by atoms with Crippen molar-refractivity contribution in [3.63, 3.8) is 0 Å². The number of nitrogens with two attached hydrogens (primary N) is 1. The highest BCUT2D eigenvalue weighted by Crippen LogP contribution is 2.36. The Labute approximate surface area is 132 Å². The SMILES string of the molecule is Cl.NC1(c2noc(/C=C/c3cccc([N+](=O)[O-])c3)n2)CCC1. The van der Waals surface area contributed by atoms with E-state index in [9.17, 15) is 10.1 Å². The van der Waals surface area contributed by atoms with Crippen LogP contribution in [-0.4, -0.2) is 15.1 Å². The highest BCUT2D eigenvalue weighted by atomic mass is 35.5. The molecule has 0 saturated heterocycles. The highest BCUT2D eigenvalue weighted by Gasteiger charge is 2.38. The number of hydrogen-bond acceptors (Lipinski definition) is 6. The van der Waals surface area contributed by atoms with Gasteiger partial charge in [-0.1, -0.05) is 17.3 Å². The fourth-order valence-corrected chi connectivity index (χ4v) is 2.20. The first kappa shape index (κ1) is 16.1. The molecule has 116 valence electrons. The highest BCUT2D eigenvalue weighted by molar-refractivity contribution is 5.85. The minimum atomic E-state index is -0.457. The summed E-state index contributed by atoms with van der Waals surface area (Å²) in [5.41, 5.74) is 6.39. The van der Waals surface area contributed by atoms with Crippen molar-refractivity contribution in [2.75, 3.05) is 0 Å². The van der Waals surface area contributed by atoms with E-state index in [-0.39, 0.29) is 18.1 Å². The molecule has 0 amide bonds. The van der Waals surface area contributed by atoms with E-state index in [0.717, 1.165) is 19.3 Å². The molecule has 1 aliphatic carbocycles. The fraction of sp³-hybridized carbons (Fsp3) is 0.286. The molecule has 1 aromatic carbocycles. The summed E-state index contributed by atoms with van der Waals surface area (Å²) in [6.45, 7) is 0. The molecule has 3 rings (SSSR count). The third-order valence-electron chi connectivity index (χ3n) is 3.63. The molecule has 22 heavy (non-hydrogen) atoms. The van der Waals surface area contributed by atoms with Crippen molar-refractivity contribution in [2.24, 2.45) is 5.73 Å². The summed E-state index contributed by atoms with van der Waals surface area (Å²) in [6.07, 6.45) is 6.11. The van der Waals surface area contributed by atoms with Crippen LogP contribution in [0.4, 0.5) is 5.69 Å². The van der Waals surface area contributed by atoms with Gasteiger partial charge < -0.3 is 10.3 Å². The lowest BCUT2D eigenvalue weighted by Gasteiger charge is -2.34. The second kappa shape index (κ2) is 6.25. The van der Waals surface area contributed by atoms with Crippen molar-refractivity contribution in [2.45, 2.75) is 24.8 Å². The molecule has 0 spiro atoms. The molecule has 1 aromatic heterocycles. The molecule has 2 aromatic rings. The average molecular weight is 323 g/mol. The predicted molar refractivity (Wildman–Crippen MR) is 83.3 cm³/mol. The van der Waals surface area contributed by atoms with E-state index in [4.69, 9.17) is 10.3 Å². The summed E-state index contributed by atoms with van der Waals surface area (Å²) in [7, 11) is 0. The van der Waals surface area contributed by atoms with E-state index >= 15 is 0 Å². The Hall–Kier alpha value is -2.25. The molecule has 1 saturated carbocycles. The summed E-state index contributed by atoms with van der Waals surface area (Å²) in [5.74, 6) is 0.862. The summed E-state index contributed by atoms with van der Waals surface area (Å²) in [4.78, 5) is 14.5. The Bertz CT molecular complexity index is 710. The quantitative estimate of drug-likeness (QED) is 0.684. The van der Waals surface area contributed by atoms with Crippen LogP contribution in [0.5, 0.6) is 0 Å². The number of benzene rings is 1. The van der Waals surface area contributed by atoms with E-state index in [1.165, 1.54) is 12.1 Å². The number of halogens is 1. The third kappa shape index (κ3) is 3.15. The van der Waals surface area contributed by atoms with Gasteiger partial charge >= 0.3 is 0 Å². The molecule has 1 fully saturated rings. The lowest BCUT2D eigenvalue weighted by molar-refractivity contribution is -0.384. The van der Waals surface area contributed by atoms with E-state index in [0.29, 0.717) is 17.3 Å². The first-order valence-corrected chi connectivity index (χ1v) is 6.62. The number of nitrogens with zero attached hydrogens (tertiary/aromatic N) is 3. The minimum absolute atomic E-state index is 0. The van der Waals surface area contributed by atoms with Crippen LogP contribution in [0.3, 0.4) is 0 Å². The number of aromatic nitrogens is 2. The molecule has 0 atom stereocenters. The lowest BCUT2D eigenvalue weighted by Crippen LogP contribution is -2.44. The first-order chi connectivity index (χ1) is 10.1. The molecule has 2 N–H and O–H groups in total. The third-order valence-corrected chi connectivity index (χ3v) is 3.63. The van der Waals surface area contributed by atoms with E-state index in [2.05, 4.69) is 10.1 Å². The summed E-state index contributed by atoms with van der Waals surface area (Å²) in [6, 6.07) is 6.30. The van der Waals surface area contributed by atoms with Crippen LogP contribution in [-0.2, 0) is 5.54 Å². The fourth-order valence-electron chi connectivity index (χ4n) is 2.20. The number of nitro benzene ring substituents is 1. The van der Waals surface area contributed by atoms with Gasteiger partial charge in [0, 0.05) is 18.2 Å². The van der Waals surface area contributed by atoms with Gasteiger partial charge in [-0.15, -0.1) is 12.4 Å². The molecule has 7 nitrogen and oxygen atoms in total. The van der Waals surface area contributed by atoms with Crippen LogP contribution < -0.4 is 5.73 Å². The second-order valence-corrected chi connectivity index (χ2v) is 5.15. The standard InChI is InChI=1S/C14H14N4O3.ClH/c15-14(7-2-8-14)13-16-12(21-17-13)6-5-10-3-1-4-11(9-10)18(19)20;/h1,3-6,9H,2,7-8,15H2;1H/b6-5+;. The zero-order valence-electron chi connectivity index (χ0n) is 11.6. The maximum atomic E-state index is 10.7. The largest absolute Gasteiger partial charge is 0.335 e. The van der Waals surface area contributed by atoms with Crippen LogP contribution in [0.1, 0.15) is 36.5 Å². The normalized spacial score (nSPS) is 16.0. The zero-order chi connectivity index (χ0) is 14.9. The van der Waals surface area contributed by atoms with Gasteiger partial charge in [0.15, 0.2) is 5.82 Å². The second-order valence-electron chi connectivity index (χ2n) is 5.15. The van der Waals surface area contributed by atoms with Gasteiger partial charge in [0.05, 0.1) is 10.5 Å². The molecule has 0 bridgehead atoms. The van der Waals surface area contributed by atoms with Crippen molar-refractivity contribution in [3.8, 4) is 0 Å². The summed E-state index contributed by atoms with van der Waals surface area (Å²) in [5, 5.41) is 14.6. The predicted octanol–water partition coefficient (Wildman–Crippen LogP) is 2.91. The Morgan fingerprint density at radius 3 is 2.77 bits per heavy atom. The van der Waals surface area contributed by atoms with Crippen molar-refractivity contribution >= 4 is 30.2 Å². The minimum Gasteiger partial charge on any atom is -0.335 e. The van der Waals surface area contributed by atoms with E-state index in [1.807, 2.05) is 0 Å². The Morgan fingerprint density at radius 2 is 2.14 bits per heavy atom. The summed E-state index contributed by atoms with van der Waals surface area (Å²) < 4.78 is 5.12. The topological polar surface area (TPSA) is 108 Å². The molecule has 0 aliphatic heterocycles. The van der Waals surface area contributed by atoms with Crippen LogP contribution in [0.2, 0.25) is 0 Å². The van der Waals surface area contributed by atoms with Crippen LogP contribution in [0.15, 0.2) is 28.8 Å². The number of rotatable bonds is 4. The number of non-ortho nitro benzene ring substituents is 1. The van der Waals surface area contributed by atoms with Gasteiger partial charge in [-0.3, -0.25) is 10.1 Å². The van der Waals surface area contributed by atoms with Crippen molar-refractivity contribution < 1.29 is 9.45 Å². The van der Waals surface area contributed by atoms with Crippen LogP contribution in [0, 0.1) is 10.1 Å². The van der Waals surface area contributed by atoms with Gasteiger partial charge in [0.25, 0.3) is 11.6 Å². The molecule has 0 unspecified atom stereocenters. The van der Waals surface area contributed by atoms with Crippen molar-refractivity contribution in [1.29, 1.82) is 0 Å². The van der Waals surface area contributed by atoms with Gasteiger partial charge in [-0.2, -0.15) is 4.98 Å². The molecule has 8 heteroatoms. The van der Waals surface area contributed by atoms with Crippen LogP contribution in [0.25, 0.3) is 12.2 Å². The lowest BCUT2D eigenvalue weighted by atomic mass is 9.77. The first-order valence-electron chi connectivity index (χ1n) is 6.62. The molecular weight excluding hydrogens is 308 g/mol. The maximum absolute atomic E-state index is 10.7. The Kier molecular flexibility index (Phi) is 4.58. The van der Waals surface area contributed by atoms with Gasteiger partial charge in [-0.05, 0) is 30.9 Å². The molecule has 1 aliphatic rings. The smallest absolute Gasteiger partial charge is 0.270 e. The van der Waals surface area contributed by atoms with Gasteiger partial charge in [-0.25, -0.2) is 0 Å². The van der Waals surface area contributed by atoms with Crippen LogP contribution >= 0.6 is 12.4 Å². The number of nitro groups is 1. The van der Waals surface area contributed by atoms with Gasteiger partial charge in [0.1, 0.15) is 0 Å². The van der Waals surface area contributed by atoms with Crippen molar-refractivity contribution in [1.82, 2.24) is 10.1 Å². The van der Waals surface area contributed by atoms with E-state index in [1.54, 1.807) is 24.3 Å². The van der Waals surface area contributed by atoms with Crippen molar-refractivity contribution in [3.05, 3.63) is 51.7 Å². The van der Waals surface area contributed by atoms with Gasteiger partial charge in [0.2, 0.25) is 0 Å². The molecule has 1 heterocycles. The number of hydrogen-bond donors (Lipinski definition) is 1. The summed E-state index contributed by atoms with van der Waals surface area (Å²) >= 11 is 0. The molecule has 0 radical (unpaired) electrons. The Balaban J connectivity index is 0.00000176. The van der Waals surface area contributed by atoms with E-state index < -0.39 is 10.5 Å². The zero-order valence-corrected chi connectivity index (χ0v) is 12.5. The Morgan fingerprint density at radius 1 is 1.36 bits per heavy atom. The average Bonchev–Trinajstić information content (AvgIpc) is 2.92. The molecular formula is C14H15ClN4O3. The monoisotopic (exact) mass is 322 g/mol.